The SMILES string of the molecule is N#C/C(=C/c1ccc(OCc2ccc(Br)cc2)c(I)c1)c1ccc(C(=O)O)cc1. The average Bonchev–Trinajstić information content (AvgIpc) is 2.72. The molecule has 0 saturated carbocycles. The van der Waals surface area contributed by atoms with Crippen LogP contribution in [-0.4, -0.2) is 11.1 Å². The molecule has 3 rings (SSSR count). The number of allylic oxidation sites excluding steroid dienone is 1. The number of nitriles is 1. The van der Waals surface area contributed by atoms with E-state index < -0.39 is 5.97 Å². The number of aromatic carboxylic acids is 1. The van der Waals surface area contributed by atoms with Gasteiger partial charge in [0.25, 0.3) is 0 Å². The molecule has 0 bridgehead atoms. The Hall–Kier alpha value is -2.63. The summed E-state index contributed by atoms with van der Waals surface area (Å²) < 4.78 is 7.87. The van der Waals surface area contributed by atoms with Crippen molar-refractivity contribution in [2.75, 3.05) is 0 Å². The van der Waals surface area contributed by atoms with Crippen LogP contribution in [0.2, 0.25) is 0 Å². The molecule has 0 aliphatic heterocycles. The monoisotopic (exact) mass is 559 g/mol. The molecule has 0 aliphatic carbocycles. The number of benzene rings is 3. The first-order chi connectivity index (χ1) is 14.0. The summed E-state index contributed by atoms with van der Waals surface area (Å²) in [6, 6.07) is 22.1. The van der Waals surface area contributed by atoms with Crippen LogP contribution in [0.1, 0.15) is 27.0 Å². The highest BCUT2D eigenvalue weighted by molar-refractivity contribution is 14.1. The van der Waals surface area contributed by atoms with E-state index in [4.69, 9.17) is 9.84 Å². The lowest BCUT2D eigenvalue weighted by Crippen LogP contribution is -1.97. The summed E-state index contributed by atoms with van der Waals surface area (Å²) >= 11 is 5.63. The van der Waals surface area contributed by atoms with Crippen molar-refractivity contribution in [3.63, 3.8) is 0 Å². The molecule has 0 fully saturated rings. The van der Waals surface area contributed by atoms with Crippen LogP contribution in [0.3, 0.4) is 0 Å². The highest BCUT2D eigenvalue weighted by atomic mass is 127. The van der Waals surface area contributed by atoms with E-state index in [1.54, 1.807) is 18.2 Å². The molecule has 0 aliphatic rings. The second-order valence-corrected chi connectivity index (χ2v) is 8.24. The summed E-state index contributed by atoms with van der Waals surface area (Å²) in [5.41, 5.74) is 3.26. The Morgan fingerprint density at radius 2 is 1.72 bits per heavy atom. The number of ether oxygens (including phenoxy) is 1. The first kappa shape index (κ1) is 21.1. The zero-order valence-corrected chi connectivity index (χ0v) is 18.8. The Morgan fingerprint density at radius 3 is 2.31 bits per heavy atom. The topological polar surface area (TPSA) is 70.3 Å². The van der Waals surface area contributed by atoms with E-state index in [0.717, 1.165) is 24.9 Å². The minimum absolute atomic E-state index is 0.188. The van der Waals surface area contributed by atoms with E-state index in [1.807, 2.05) is 42.5 Å². The van der Waals surface area contributed by atoms with E-state index in [0.29, 0.717) is 17.7 Å². The molecule has 144 valence electrons. The van der Waals surface area contributed by atoms with Gasteiger partial charge >= 0.3 is 5.97 Å². The van der Waals surface area contributed by atoms with Crippen molar-refractivity contribution >= 4 is 56.1 Å². The lowest BCUT2D eigenvalue weighted by atomic mass is 10.0. The predicted octanol–water partition coefficient (Wildman–Crippen LogP) is 6.40. The van der Waals surface area contributed by atoms with Gasteiger partial charge in [-0.25, -0.2) is 4.79 Å². The van der Waals surface area contributed by atoms with Crippen molar-refractivity contribution in [3.8, 4) is 11.8 Å². The fourth-order valence-electron chi connectivity index (χ4n) is 2.60. The molecule has 29 heavy (non-hydrogen) atoms. The summed E-state index contributed by atoms with van der Waals surface area (Å²) in [5.74, 6) is -0.220. The fraction of sp³-hybridized carbons (Fsp3) is 0.0435. The molecular formula is C23H15BrINO3. The van der Waals surface area contributed by atoms with Crippen molar-refractivity contribution in [1.82, 2.24) is 0 Å². The van der Waals surface area contributed by atoms with Crippen molar-refractivity contribution in [2.24, 2.45) is 0 Å². The Bertz CT molecular complexity index is 1100. The van der Waals surface area contributed by atoms with Gasteiger partial charge in [-0.15, -0.1) is 0 Å². The lowest BCUT2D eigenvalue weighted by molar-refractivity contribution is 0.0697. The van der Waals surface area contributed by atoms with Gasteiger partial charge in [-0.3, -0.25) is 0 Å². The maximum atomic E-state index is 11.0. The molecule has 3 aromatic rings. The summed E-state index contributed by atoms with van der Waals surface area (Å²) in [7, 11) is 0. The number of nitrogens with zero attached hydrogens (tertiary/aromatic N) is 1. The zero-order chi connectivity index (χ0) is 20.8. The molecule has 6 heteroatoms. The molecule has 1 N–H and O–H groups in total. The van der Waals surface area contributed by atoms with Gasteiger partial charge in [-0.05, 0) is 81.8 Å². The molecule has 0 amide bonds. The summed E-state index contributed by atoms with van der Waals surface area (Å²) in [5, 5.41) is 18.5. The number of carboxylic acid groups (broad SMARTS) is 1. The van der Waals surface area contributed by atoms with Gasteiger partial charge < -0.3 is 9.84 Å². The summed E-state index contributed by atoms with van der Waals surface area (Å²) in [4.78, 5) is 11.0. The van der Waals surface area contributed by atoms with E-state index >= 15 is 0 Å². The Balaban J connectivity index is 1.76. The highest BCUT2D eigenvalue weighted by Crippen LogP contribution is 2.26. The van der Waals surface area contributed by atoms with Crippen LogP contribution in [0.25, 0.3) is 11.6 Å². The van der Waals surface area contributed by atoms with Gasteiger partial charge in [-0.1, -0.05) is 46.3 Å². The van der Waals surface area contributed by atoms with E-state index in [9.17, 15) is 10.1 Å². The highest BCUT2D eigenvalue weighted by Gasteiger charge is 2.07. The Labute approximate surface area is 190 Å². The van der Waals surface area contributed by atoms with Gasteiger partial charge in [0.2, 0.25) is 0 Å². The number of carboxylic acids is 1. The van der Waals surface area contributed by atoms with Crippen molar-refractivity contribution < 1.29 is 14.6 Å². The minimum atomic E-state index is -0.993. The largest absolute Gasteiger partial charge is 0.488 e. The number of halogens is 2. The average molecular weight is 560 g/mol. The third kappa shape index (κ3) is 5.68. The van der Waals surface area contributed by atoms with Gasteiger partial charge in [0.1, 0.15) is 12.4 Å². The van der Waals surface area contributed by atoms with E-state index in [2.05, 4.69) is 44.6 Å². The maximum Gasteiger partial charge on any atom is 0.335 e. The van der Waals surface area contributed by atoms with E-state index in [1.165, 1.54) is 12.1 Å². The Morgan fingerprint density at radius 1 is 1.07 bits per heavy atom. The molecule has 0 aromatic heterocycles. The lowest BCUT2D eigenvalue weighted by Gasteiger charge is -2.09. The van der Waals surface area contributed by atoms with Crippen molar-refractivity contribution in [2.45, 2.75) is 6.61 Å². The van der Waals surface area contributed by atoms with Crippen molar-refractivity contribution in [1.29, 1.82) is 5.26 Å². The molecule has 0 heterocycles. The first-order valence-electron chi connectivity index (χ1n) is 8.58. The molecule has 0 radical (unpaired) electrons. The Kier molecular flexibility index (Phi) is 7.07. The van der Waals surface area contributed by atoms with Crippen LogP contribution in [0, 0.1) is 14.9 Å². The van der Waals surface area contributed by atoms with E-state index in [-0.39, 0.29) is 5.56 Å². The first-order valence-corrected chi connectivity index (χ1v) is 10.5. The quantitative estimate of drug-likeness (QED) is 0.216. The van der Waals surface area contributed by atoms with Crippen molar-refractivity contribution in [3.05, 3.63) is 97.0 Å². The molecule has 4 nitrogen and oxygen atoms in total. The number of hydrogen-bond donors (Lipinski definition) is 1. The standard InChI is InChI=1S/C23H15BrINO3/c24-20-8-1-15(2-9-20)14-29-22-10-3-16(12-21(22)25)11-19(13-26)17-4-6-18(7-5-17)23(27)28/h1-12H,14H2,(H,27,28)/b19-11-. The second kappa shape index (κ2) is 9.72. The van der Waals surface area contributed by atoms with Crippen LogP contribution in [0.5, 0.6) is 5.75 Å². The fourth-order valence-corrected chi connectivity index (χ4v) is 3.56. The second-order valence-electron chi connectivity index (χ2n) is 6.16. The summed E-state index contributed by atoms with van der Waals surface area (Å²) in [6.07, 6.45) is 1.77. The number of rotatable bonds is 6. The number of carbonyl (C=O) groups is 1. The third-order valence-electron chi connectivity index (χ3n) is 4.14. The molecule has 3 aromatic carbocycles. The predicted molar refractivity (Wildman–Crippen MR) is 125 cm³/mol. The van der Waals surface area contributed by atoms with Gasteiger partial charge in [0.15, 0.2) is 0 Å². The normalized spacial score (nSPS) is 11.0. The molecule has 0 saturated heterocycles. The molecule has 0 spiro atoms. The zero-order valence-electron chi connectivity index (χ0n) is 15.1. The van der Waals surface area contributed by atoms with Gasteiger partial charge in [0, 0.05) is 4.47 Å². The van der Waals surface area contributed by atoms with Gasteiger partial charge in [0.05, 0.1) is 20.8 Å². The maximum absolute atomic E-state index is 11.0. The van der Waals surface area contributed by atoms with Crippen LogP contribution in [0.4, 0.5) is 0 Å². The van der Waals surface area contributed by atoms with Crippen LogP contribution in [-0.2, 0) is 6.61 Å². The minimum Gasteiger partial charge on any atom is -0.488 e. The number of hydrogen-bond acceptors (Lipinski definition) is 3. The van der Waals surface area contributed by atoms with Crippen LogP contribution >= 0.6 is 38.5 Å². The van der Waals surface area contributed by atoms with Gasteiger partial charge in [-0.2, -0.15) is 5.26 Å². The molecule has 0 unspecified atom stereocenters. The van der Waals surface area contributed by atoms with Crippen LogP contribution < -0.4 is 4.74 Å². The third-order valence-corrected chi connectivity index (χ3v) is 5.51. The summed E-state index contributed by atoms with van der Waals surface area (Å²) in [6.45, 7) is 0.470. The van der Waals surface area contributed by atoms with Crippen LogP contribution in [0.15, 0.2) is 71.2 Å². The molecular weight excluding hydrogens is 545 g/mol. The molecule has 0 atom stereocenters. The smallest absolute Gasteiger partial charge is 0.335 e.